The lowest BCUT2D eigenvalue weighted by Crippen LogP contribution is -2.30. The van der Waals surface area contributed by atoms with Crippen molar-refractivity contribution < 1.29 is 0 Å². The van der Waals surface area contributed by atoms with Crippen LogP contribution in [0.2, 0.25) is 0 Å². The predicted molar refractivity (Wildman–Crippen MR) is 61.5 cm³/mol. The third-order valence-electron chi connectivity index (χ3n) is 3.13. The van der Waals surface area contributed by atoms with E-state index in [1.807, 2.05) is 0 Å². The quantitative estimate of drug-likeness (QED) is 0.777. The molecule has 1 saturated carbocycles. The molecule has 4 nitrogen and oxygen atoms in total. The highest BCUT2D eigenvalue weighted by Gasteiger charge is 2.21. The first-order valence-electron chi connectivity index (χ1n) is 5.60. The fourth-order valence-corrected chi connectivity index (χ4v) is 2.17. The van der Waals surface area contributed by atoms with Gasteiger partial charge in [0.05, 0.1) is 0 Å². The molecule has 1 aromatic rings. The highest BCUT2D eigenvalue weighted by atomic mass is 15.0. The minimum Gasteiger partial charge on any atom is -0.384 e. The van der Waals surface area contributed by atoms with Gasteiger partial charge in [-0.2, -0.15) is 0 Å². The summed E-state index contributed by atoms with van der Waals surface area (Å²) < 4.78 is 0. The second-order valence-electron chi connectivity index (χ2n) is 4.34. The van der Waals surface area contributed by atoms with Gasteiger partial charge in [-0.15, -0.1) is 0 Å². The van der Waals surface area contributed by atoms with Crippen LogP contribution in [0.5, 0.6) is 0 Å². The predicted octanol–water partition coefficient (Wildman–Crippen LogP) is 2.05. The molecule has 0 bridgehead atoms. The van der Waals surface area contributed by atoms with Gasteiger partial charge in [0.2, 0.25) is 0 Å². The summed E-state index contributed by atoms with van der Waals surface area (Å²) in [6.45, 7) is 2.29. The van der Waals surface area contributed by atoms with Crippen molar-refractivity contribution in [3.8, 4) is 0 Å². The number of nitrogens with two attached hydrogens (primary N) is 1. The fourth-order valence-electron chi connectivity index (χ4n) is 2.17. The monoisotopic (exact) mass is 206 g/mol. The number of anilines is 2. The Morgan fingerprint density at radius 2 is 2.13 bits per heavy atom. The van der Waals surface area contributed by atoms with Crippen LogP contribution in [0.4, 0.5) is 11.6 Å². The van der Waals surface area contributed by atoms with Gasteiger partial charge in [-0.05, 0) is 18.8 Å². The maximum absolute atomic E-state index is 5.61. The summed E-state index contributed by atoms with van der Waals surface area (Å²) in [6, 6.07) is 2.33. The zero-order valence-corrected chi connectivity index (χ0v) is 9.11. The van der Waals surface area contributed by atoms with E-state index in [0.29, 0.717) is 11.9 Å². The van der Waals surface area contributed by atoms with Crippen LogP contribution in [0.1, 0.15) is 32.6 Å². The number of nitrogens with zero attached hydrogens (tertiary/aromatic N) is 2. The third-order valence-corrected chi connectivity index (χ3v) is 3.13. The van der Waals surface area contributed by atoms with Gasteiger partial charge in [-0.1, -0.05) is 19.8 Å². The normalized spacial score (nSPS) is 26.2. The zero-order valence-electron chi connectivity index (χ0n) is 9.11. The van der Waals surface area contributed by atoms with Gasteiger partial charge in [0.15, 0.2) is 0 Å². The van der Waals surface area contributed by atoms with Crippen LogP contribution in [0.25, 0.3) is 0 Å². The van der Waals surface area contributed by atoms with Gasteiger partial charge in [0.1, 0.15) is 18.0 Å². The van der Waals surface area contributed by atoms with Gasteiger partial charge in [0.25, 0.3) is 0 Å². The first-order chi connectivity index (χ1) is 7.25. The van der Waals surface area contributed by atoms with Crippen molar-refractivity contribution in [1.29, 1.82) is 0 Å². The molecule has 0 spiro atoms. The van der Waals surface area contributed by atoms with E-state index in [9.17, 15) is 0 Å². The smallest absolute Gasteiger partial charge is 0.131 e. The molecule has 1 fully saturated rings. The van der Waals surface area contributed by atoms with Crippen molar-refractivity contribution >= 4 is 11.6 Å². The molecule has 2 rings (SSSR count). The summed E-state index contributed by atoms with van der Waals surface area (Å²) in [5.41, 5.74) is 5.61. The molecule has 0 amide bonds. The molecule has 4 heteroatoms. The van der Waals surface area contributed by atoms with Crippen molar-refractivity contribution in [3.63, 3.8) is 0 Å². The van der Waals surface area contributed by atoms with E-state index in [0.717, 1.165) is 11.7 Å². The molecule has 1 aliphatic rings. The standard InChI is InChI=1S/C11H18N4/c1-8-4-2-3-5-9(8)15-11-6-10(12)13-7-14-11/h6-9H,2-5H2,1H3,(H3,12,13,14,15). The van der Waals surface area contributed by atoms with Gasteiger partial charge < -0.3 is 11.1 Å². The Morgan fingerprint density at radius 1 is 1.33 bits per heavy atom. The van der Waals surface area contributed by atoms with Crippen molar-refractivity contribution in [2.24, 2.45) is 5.92 Å². The Bertz CT molecular complexity index is 326. The summed E-state index contributed by atoms with van der Waals surface area (Å²) in [4.78, 5) is 8.04. The maximum atomic E-state index is 5.61. The molecule has 2 atom stereocenters. The van der Waals surface area contributed by atoms with Crippen LogP contribution in [-0.4, -0.2) is 16.0 Å². The highest BCUT2D eigenvalue weighted by molar-refractivity contribution is 5.44. The van der Waals surface area contributed by atoms with E-state index in [2.05, 4.69) is 22.2 Å². The molecule has 82 valence electrons. The molecule has 0 saturated heterocycles. The summed E-state index contributed by atoms with van der Waals surface area (Å²) >= 11 is 0. The number of rotatable bonds is 2. The zero-order chi connectivity index (χ0) is 10.7. The van der Waals surface area contributed by atoms with E-state index in [-0.39, 0.29) is 0 Å². The van der Waals surface area contributed by atoms with Gasteiger partial charge in [-0.3, -0.25) is 0 Å². The van der Waals surface area contributed by atoms with Gasteiger partial charge >= 0.3 is 0 Å². The Kier molecular flexibility index (Phi) is 3.04. The van der Waals surface area contributed by atoms with E-state index < -0.39 is 0 Å². The second-order valence-corrected chi connectivity index (χ2v) is 4.34. The molecular formula is C11H18N4. The largest absolute Gasteiger partial charge is 0.384 e. The number of hydrogen-bond donors (Lipinski definition) is 2. The number of nitrogen functional groups attached to an aromatic ring is 1. The average Bonchev–Trinajstić information content (AvgIpc) is 2.22. The first-order valence-corrected chi connectivity index (χ1v) is 5.60. The average molecular weight is 206 g/mol. The molecule has 0 aromatic carbocycles. The molecule has 15 heavy (non-hydrogen) atoms. The Morgan fingerprint density at radius 3 is 2.87 bits per heavy atom. The van der Waals surface area contributed by atoms with Gasteiger partial charge in [0, 0.05) is 12.1 Å². The van der Waals surface area contributed by atoms with Crippen LogP contribution < -0.4 is 11.1 Å². The van der Waals surface area contributed by atoms with Crippen LogP contribution in [0, 0.1) is 5.92 Å². The molecular weight excluding hydrogens is 188 g/mol. The van der Waals surface area contributed by atoms with Crippen molar-refractivity contribution in [3.05, 3.63) is 12.4 Å². The van der Waals surface area contributed by atoms with Crippen LogP contribution in [0.3, 0.4) is 0 Å². The van der Waals surface area contributed by atoms with Gasteiger partial charge in [-0.25, -0.2) is 9.97 Å². The van der Waals surface area contributed by atoms with Crippen molar-refractivity contribution in [2.45, 2.75) is 38.6 Å². The summed E-state index contributed by atoms with van der Waals surface area (Å²) in [7, 11) is 0. The van der Waals surface area contributed by atoms with E-state index in [1.54, 1.807) is 6.07 Å². The van der Waals surface area contributed by atoms with E-state index in [4.69, 9.17) is 5.73 Å². The molecule has 0 aliphatic heterocycles. The van der Waals surface area contributed by atoms with Crippen molar-refractivity contribution in [2.75, 3.05) is 11.1 Å². The lowest BCUT2D eigenvalue weighted by atomic mass is 9.86. The fraction of sp³-hybridized carbons (Fsp3) is 0.636. The minimum absolute atomic E-state index is 0.524. The topological polar surface area (TPSA) is 63.8 Å². The number of nitrogens with one attached hydrogen (secondary N) is 1. The van der Waals surface area contributed by atoms with Crippen LogP contribution in [0.15, 0.2) is 12.4 Å². The summed E-state index contributed by atoms with van der Waals surface area (Å²) in [6.07, 6.45) is 6.70. The van der Waals surface area contributed by atoms with E-state index in [1.165, 1.54) is 32.0 Å². The third kappa shape index (κ3) is 2.58. The molecule has 1 aromatic heterocycles. The molecule has 3 N–H and O–H groups in total. The Hall–Kier alpha value is -1.32. The Balaban J connectivity index is 2.01. The van der Waals surface area contributed by atoms with Crippen LogP contribution >= 0.6 is 0 Å². The number of aromatic nitrogens is 2. The molecule has 1 heterocycles. The SMILES string of the molecule is CC1CCCCC1Nc1cc(N)ncn1. The first kappa shape index (κ1) is 10.2. The van der Waals surface area contributed by atoms with Crippen LogP contribution in [-0.2, 0) is 0 Å². The maximum Gasteiger partial charge on any atom is 0.131 e. The molecule has 2 unspecified atom stereocenters. The lowest BCUT2D eigenvalue weighted by Gasteiger charge is -2.29. The lowest BCUT2D eigenvalue weighted by molar-refractivity contribution is 0.349. The highest BCUT2D eigenvalue weighted by Crippen LogP contribution is 2.26. The van der Waals surface area contributed by atoms with E-state index >= 15 is 0 Å². The molecule has 1 aliphatic carbocycles. The Labute approximate surface area is 90.3 Å². The minimum atomic E-state index is 0.524. The molecule has 0 radical (unpaired) electrons. The summed E-state index contributed by atoms with van der Waals surface area (Å²) in [5, 5.41) is 3.44. The number of hydrogen-bond acceptors (Lipinski definition) is 4. The second kappa shape index (κ2) is 4.47. The van der Waals surface area contributed by atoms with Crippen molar-refractivity contribution in [1.82, 2.24) is 9.97 Å². The summed E-state index contributed by atoms with van der Waals surface area (Å²) in [5.74, 6) is 2.09.